The Labute approximate surface area is 156 Å². The highest BCUT2D eigenvalue weighted by Crippen LogP contribution is 2.16. The molecule has 0 saturated carbocycles. The molecule has 140 valence electrons. The highest BCUT2D eigenvalue weighted by Gasteiger charge is 2.14. The molecule has 0 bridgehead atoms. The quantitative estimate of drug-likeness (QED) is 0.476. The Balaban J connectivity index is 1.42. The van der Waals surface area contributed by atoms with Crippen LogP contribution in [0.4, 0.5) is 0 Å². The monoisotopic (exact) mass is 353 g/mol. The Morgan fingerprint density at radius 2 is 2.00 bits per heavy atom. The number of guanidine groups is 1. The zero-order valence-corrected chi connectivity index (χ0v) is 16.0. The number of nitrogens with zero attached hydrogens (tertiary/aromatic N) is 3. The first kappa shape index (κ1) is 18.6. The van der Waals surface area contributed by atoms with E-state index in [1.165, 1.54) is 43.4 Å². The number of pyridine rings is 1. The first-order chi connectivity index (χ1) is 12.8. The molecule has 5 heteroatoms. The van der Waals surface area contributed by atoms with Crippen LogP contribution in [-0.4, -0.2) is 49.1 Å². The molecule has 1 aromatic heterocycles. The van der Waals surface area contributed by atoms with Crippen molar-refractivity contribution < 1.29 is 0 Å². The van der Waals surface area contributed by atoms with Gasteiger partial charge in [0.1, 0.15) is 0 Å². The molecule has 3 rings (SSSR count). The van der Waals surface area contributed by atoms with Gasteiger partial charge in [0.15, 0.2) is 5.96 Å². The predicted molar refractivity (Wildman–Crippen MR) is 109 cm³/mol. The van der Waals surface area contributed by atoms with Gasteiger partial charge in [0.25, 0.3) is 0 Å². The van der Waals surface area contributed by atoms with Crippen LogP contribution in [0, 0.1) is 5.92 Å². The van der Waals surface area contributed by atoms with Crippen molar-refractivity contribution in [2.24, 2.45) is 10.9 Å². The molecule has 1 saturated heterocycles. The standard InChI is InChI=1S/C21H31N5/c1-17-9-14-26(15-10-17)13-5-11-24-21(22-2)25-16-18-8-12-23-20-7-4-3-6-19(18)20/h3-4,6-8,12,17H,5,9-11,13-16H2,1-2H3,(H2,22,24,25). The topological polar surface area (TPSA) is 52.6 Å². The van der Waals surface area contributed by atoms with Crippen molar-refractivity contribution in [1.29, 1.82) is 0 Å². The van der Waals surface area contributed by atoms with Crippen LogP contribution in [0.2, 0.25) is 0 Å². The lowest BCUT2D eigenvalue weighted by Gasteiger charge is -2.30. The van der Waals surface area contributed by atoms with Gasteiger partial charge >= 0.3 is 0 Å². The first-order valence-corrected chi connectivity index (χ1v) is 9.76. The summed E-state index contributed by atoms with van der Waals surface area (Å²) in [5, 5.41) is 8.04. The van der Waals surface area contributed by atoms with Crippen molar-refractivity contribution in [2.45, 2.75) is 32.7 Å². The average Bonchev–Trinajstić information content (AvgIpc) is 2.69. The van der Waals surface area contributed by atoms with E-state index in [-0.39, 0.29) is 0 Å². The van der Waals surface area contributed by atoms with Gasteiger partial charge in [-0.3, -0.25) is 9.98 Å². The minimum atomic E-state index is 0.743. The third kappa shape index (κ3) is 5.18. The van der Waals surface area contributed by atoms with E-state index in [0.717, 1.165) is 36.9 Å². The summed E-state index contributed by atoms with van der Waals surface area (Å²) in [7, 11) is 1.83. The molecular formula is C21H31N5. The van der Waals surface area contributed by atoms with Crippen LogP contribution >= 0.6 is 0 Å². The van der Waals surface area contributed by atoms with E-state index in [1.54, 1.807) is 0 Å². The lowest BCUT2D eigenvalue weighted by Crippen LogP contribution is -2.39. The van der Waals surface area contributed by atoms with Crippen LogP contribution in [0.3, 0.4) is 0 Å². The molecule has 0 radical (unpaired) electrons. The summed E-state index contributed by atoms with van der Waals surface area (Å²) >= 11 is 0. The van der Waals surface area contributed by atoms with Crippen LogP contribution in [0.25, 0.3) is 10.9 Å². The summed E-state index contributed by atoms with van der Waals surface area (Å²) < 4.78 is 0. The normalized spacial score (nSPS) is 16.8. The maximum absolute atomic E-state index is 4.42. The molecule has 2 N–H and O–H groups in total. The van der Waals surface area contributed by atoms with Crippen molar-refractivity contribution in [2.75, 3.05) is 33.2 Å². The number of aliphatic imine (C=N–C) groups is 1. The number of rotatable bonds is 6. The largest absolute Gasteiger partial charge is 0.356 e. The van der Waals surface area contributed by atoms with Crippen molar-refractivity contribution >= 4 is 16.9 Å². The molecule has 0 atom stereocenters. The van der Waals surface area contributed by atoms with Crippen LogP contribution in [-0.2, 0) is 6.54 Å². The third-order valence-corrected chi connectivity index (χ3v) is 5.23. The number of hydrogen-bond acceptors (Lipinski definition) is 3. The SMILES string of the molecule is CN=C(NCCCN1CCC(C)CC1)NCc1ccnc2ccccc12. The van der Waals surface area contributed by atoms with E-state index in [4.69, 9.17) is 0 Å². The number of fused-ring (bicyclic) bond motifs is 1. The molecule has 1 aromatic carbocycles. The molecule has 2 heterocycles. The van der Waals surface area contributed by atoms with E-state index in [2.05, 4.69) is 50.6 Å². The molecule has 2 aromatic rings. The Morgan fingerprint density at radius 1 is 1.19 bits per heavy atom. The maximum Gasteiger partial charge on any atom is 0.191 e. The lowest BCUT2D eigenvalue weighted by atomic mass is 9.99. The van der Waals surface area contributed by atoms with Crippen molar-refractivity contribution in [1.82, 2.24) is 20.5 Å². The van der Waals surface area contributed by atoms with E-state index in [9.17, 15) is 0 Å². The van der Waals surface area contributed by atoms with Gasteiger partial charge < -0.3 is 15.5 Å². The van der Waals surface area contributed by atoms with Gasteiger partial charge in [-0.2, -0.15) is 0 Å². The summed E-state index contributed by atoms with van der Waals surface area (Å²) in [6, 6.07) is 10.3. The van der Waals surface area contributed by atoms with E-state index < -0.39 is 0 Å². The fraction of sp³-hybridized carbons (Fsp3) is 0.524. The van der Waals surface area contributed by atoms with Gasteiger partial charge in [-0.1, -0.05) is 25.1 Å². The zero-order chi connectivity index (χ0) is 18.2. The second-order valence-electron chi connectivity index (χ2n) is 7.22. The lowest BCUT2D eigenvalue weighted by molar-refractivity contribution is 0.191. The van der Waals surface area contributed by atoms with Crippen molar-refractivity contribution in [3.63, 3.8) is 0 Å². The van der Waals surface area contributed by atoms with E-state index in [0.29, 0.717) is 0 Å². The fourth-order valence-corrected chi connectivity index (χ4v) is 3.50. The average molecular weight is 354 g/mol. The highest BCUT2D eigenvalue weighted by atomic mass is 15.2. The summed E-state index contributed by atoms with van der Waals surface area (Å²) in [6.45, 7) is 7.73. The Morgan fingerprint density at radius 3 is 2.81 bits per heavy atom. The second-order valence-corrected chi connectivity index (χ2v) is 7.22. The van der Waals surface area contributed by atoms with Crippen LogP contribution in [0.15, 0.2) is 41.5 Å². The molecule has 1 fully saturated rings. The second kappa shape index (κ2) is 9.53. The smallest absolute Gasteiger partial charge is 0.191 e. The number of para-hydroxylation sites is 1. The van der Waals surface area contributed by atoms with Crippen molar-refractivity contribution in [3.05, 3.63) is 42.1 Å². The van der Waals surface area contributed by atoms with Gasteiger partial charge in [0.2, 0.25) is 0 Å². The number of nitrogens with one attached hydrogen (secondary N) is 2. The molecule has 5 nitrogen and oxygen atoms in total. The number of likely N-dealkylation sites (tertiary alicyclic amines) is 1. The Kier molecular flexibility index (Phi) is 6.83. The zero-order valence-electron chi connectivity index (χ0n) is 16.0. The van der Waals surface area contributed by atoms with Gasteiger partial charge in [-0.05, 0) is 62.5 Å². The summed E-state index contributed by atoms with van der Waals surface area (Å²) in [5.41, 5.74) is 2.27. The predicted octanol–water partition coefficient (Wildman–Crippen LogP) is 3.02. The molecule has 1 aliphatic heterocycles. The van der Waals surface area contributed by atoms with E-state index >= 15 is 0 Å². The summed E-state index contributed by atoms with van der Waals surface area (Å²) in [4.78, 5) is 11.3. The summed E-state index contributed by atoms with van der Waals surface area (Å²) in [6.07, 6.45) is 5.70. The van der Waals surface area contributed by atoms with Gasteiger partial charge in [0.05, 0.1) is 5.52 Å². The van der Waals surface area contributed by atoms with Gasteiger partial charge in [0, 0.05) is 31.7 Å². The first-order valence-electron chi connectivity index (χ1n) is 9.76. The maximum atomic E-state index is 4.42. The van der Waals surface area contributed by atoms with Gasteiger partial charge in [-0.25, -0.2) is 0 Å². The molecule has 26 heavy (non-hydrogen) atoms. The van der Waals surface area contributed by atoms with Crippen molar-refractivity contribution in [3.8, 4) is 0 Å². The summed E-state index contributed by atoms with van der Waals surface area (Å²) in [5.74, 6) is 1.76. The van der Waals surface area contributed by atoms with Gasteiger partial charge in [-0.15, -0.1) is 0 Å². The number of piperidine rings is 1. The molecule has 1 aliphatic rings. The van der Waals surface area contributed by atoms with Crippen LogP contribution in [0.1, 0.15) is 31.7 Å². The molecular weight excluding hydrogens is 322 g/mol. The molecule has 0 spiro atoms. The number of hydrogen-bond donors (Lipinski definition) is 2. The minimum absolute atomic E-state index is 0.743. The number of benzene rings is 1. The Bertz CT molecular complexity index is 714. The fourth-order valence-electron chi connectivity index (χ4n) is 3.50. The van der Waals surface area contributed by atoms with Crippen LogP contribution in [0.5, 0.6) is 0 Å². The third-order valence-electron chi connectivity index (χ3n) is 5.23. The Hall–Kier alpha value is -2.14. The number of aromatic nitrogens is 1. The minimum Gasteiger partial charge on any atom is -0.356 e. The molecule has 0 aliphatic carbocycles. The molecule has 0 amide bonds. The molecule has 0 unspecified atom stereocenters. The van der Waals surface area contributed by atoms with Crippen LogP contribution < -0.4 is 10.6 Å². The van der Waals surface area contributed by atoms with E-state index in [1.807, 2.05) is 25.4 Å². The highest BCUT2D eigenvalue weighted by molar-refractivity contribution is 5.83.